The molecular formula is C16H11FN4O2. The molecule has 2 N–H and O–H groups in total. The van der Waals surface area contributed by atoms with E-state index >= 15 is 0 Å². The summed E-state index contributed by atoms with van der Waals surface area (Å²) in [6.07, 6.45) is 4.18. The second-order valence-corrected chi connectivity index (χ2v) is 4.60. The largest absolute Gasteiger partial charge is 0.443 e. The highest BCUT2D eigenvalue weighted by molar-refractivity contribution is 6.12. The fourth-order valence-corrected chi connectivity index (χ4v) is 1.98. The van der Waals surface area contributed by atoms with E-state index in [2.05, 4.69) is 15.3 Å². The zero-order chi connectivity index (χ0) is 16.2. The smallest absolute Gasteiger partial charge is 0.279 e. The Balaban J connectivity index is 1.83. The molecule has 1 amide bonds. The van der Waals surface area contributed by atoms with Crippen LogP contribution in [0.4, 0.5) is 4.39 Å². The minimum atomic E-state index is -0.583. The number of rotatable bonds is 3. The first-order chi connectivity index (χ1) is 11.1. The van der Waals surface area contributed by atoms with Gasteiger partial charge in [0, 0.05) is 23.5 Å². The Labute approximate surface area is 130 Å². The maximum atomic E-state index is 13.0. The van der Waals surface area contributed by atoms with Crippen LogP contribution in [0.1, 0.15) is 16.1 Å². The van der Waals surface area contributed by atoms with E-state index < -0.39 is 11.7 Å². The van der Waals surface area contributed by atoms with Crippen LogP contribution in [0.3, 0.4) is 0 Å². The summed E-state index contributed by atoms with van der Waals surface area (Å²) < 4.78 is 18.2. The Morgan fingerprint density at radius 3 is 2.52 bits per heavy atom. The fourth-order valence-electron chi connectivity index (χ4n) is 1.98. The van der Waals surface area contributed by atoms with Gasteiger partial charge >= 0.3 is 0 Å². The van der Waals surface area contributed by atoms with Crippen LogP contribution in [0, 0.1) is 11.2 Å². The number of carbonyl (C=O) groups excluding carboxylic acids is 1. The van der Waals surface area contributed by atoms with Crippen molar-refractivity contribution in [2.75, 3.05) is 0 Å². The number of halogens is 1. The quantitative estimate of drug-likeness (QED) is 0.574. The van der Waals surface area contributed by atoms with Gasteiger partial charge in [-0.1, -0.05) is 0 Å². The van der Waals surface area contributed by atoms with Gasteiger partial charge in [-0.3, -0.25) is 15.2 Å². The predicted molar refractivity (Wildman–Crippen MR) is 80.4 cm³/mol. The Morgan fingerprint density at radius 1 is 1.13 bits per heavy atom. The topological polar surface area (TPSA) is 91.9 Å². The maximum absolute atomic E-state index is 13.0. The molecular weight excluding hydrogens is 299 g/mol. The highest BCUT2D eigenvalue weighted by Gasteiger charge is 2.19. The number of benzene rings is 1. The molecule has 0 aliphatic rings. The molecule has 0 aliphatic carbocycles. The fraction of sp³-hybridized carbons (Fsp3) is 0. The summed E-state index contributed by atoms with van der Waals surface area (Å²) in [6.45, 7) is 0. The van der Waals surface area contributed by atoms with Gasteiger partial charge in [0.2, 0.25) is 0 Å². The predicted octanol–water partition coefficient (Wildman–Crippen LogP) is 2.63. The number of oxazole rings is 1. The number of amides is 1. The van der Waals surface area contributed by atoms with E-state index in [0.717, 1.165) is 6.39 Å². The standard InChI is InChI=1S/C16H11FN4O2/c17-12-3-1-10(2-4-12)14-13(20-9-23-14)16(22)21-15(18)11-5-7-19-8-6-11/h1-9H,(H2,18,21,22). The molecule has 1 aromatic carbocycles. The molecule has 0 spiro atoms. The molecule has 0 unspecified atom stereocenters. The normalized spacial score (nSPS) is 10.3. The lowest BCUT2D eigenvalue weighted by Gasteiger charge is -2.06. The van der Waals surface area contributed by atoms with Crippen molar-refractivity contribution in [2.24, 2.45) is 0 Å². The van der Waals surface area contributed by atoms with Gasteiger partial charge in [-0.2, -0.15) is 0 Å². The second-order valence-electron chi connectivity index (χ2n) is 4.60. The van der Waals surface area contributed by atoms with Gasteiger partial charge < -0.3 is 9.73 Å². The van der Waals surface area contributed by atoms with E-state index in [1.807, 2.05) is 0 Å². The SMILES string of the molecule is N=C(NC(=O)c1ncoc1-c1ccc(F)cc1)c1ccncc1. The number of nitrogens with zero attached hydrogens (tertiary/aromatic N) is 2. The van der Waals surface area contributed by atoms with Crippen LogP contribution < -0.4 is 5.32 Å². The van der Waals surface area contributed by atoms with Crippen LogP contribution >= 0.6 is 0 Å². The number of hydrogen-bond acceptors (Lipinski definition) is 5. The van der Waals surface area contributed by atoms with Crippen LogP contribution in [-0.2, 0) is 0 Å². The molecule has 3 aromatic rings. The summed E-state index contributed by atoms with van der Waals surface area (Å²) >= 11 is 0. The lowest BCUT2D eigenvalue weighted by Crippen LogP contribution is -2.31. The number of nitrogens with one attached hydrogen (secondary N) is 2. The Kier molecular flexibility index (Phi) is 3.92. The monoisotopic (exact) mass is 310 g/mol. The van der Waals surface area contributed by atoms with E-state index in [4.69, 9.17) is 9.83 Å². The van der Waals surface area contributed by atoms with Gasteiger partial charge in [-0.15, -0.1) is 0 Å². The van der Waals surface area contributed by atoms with Crippen molar-refractivity contribution in [1.82, 2.24) is 15.3 Å². The lowest BCUT2D eigenvalue weighted by molar-refractivity contribution is 0.0973. The van der Waals surface area contributed by atoms with Crippen molar-refractivity contribution < 1.29 is 13.6 Å². The number of amidine groups is 1. The molecule has 23 heavy (non-hydrogen) atoms. The van der Waals surface area contributed by atoms with Gasteiger partial charge in [-0.25, -0.2) is 9.37 Å². The zero-order valence-electron chi connectivity index (χ0n) is 11.8. The molecule has 7 heteroatoms. The van der Waals surface area contributed by atoms with Crippen LogP contribution in [0.15, 0.2) is 59.6 Å². The zero-order valence-corrected chi connectivity index (χ0v) is 11.8. The van der Waals surface area contributed by atoms with Crippen LogP contribution in [0.5, 0.6) is 0 Å². The summed E-state index contributed by atoms with van der Waals surface area (Å²) in [6, 6.07) is 8.71. The second kappa shape index (κ2) is 6.18. The summed E-state index contributed by atoms with van der Waals surface area (Å²) in [5, 5.41) is 10.3. The van der Waals surface area contributed by atoms with Crippen molar-refractivity contribution in [3.8, 4) is 11.3 Å². The average Bonchev–Trinajstić information content (AvgIpc) is 3.06. The first-order valence-electron chi connectivity index (χ1n) is 6.65. The van der Waals surface area contributed by atoms with Gasteiger partial charge in [-0.05, 0) is 36.4 Å². The van der Waals surface area contributed by atoms with Gasteiger partial charge in [0.1, 0.15) is 11.7 Å². The Hall–Kier alpha value is -3.35. The van der Waals surface area contributed by atoms with E-state index in [1.165, 1.54) is 36.7 Å². The molecule has 3 rings (SSSR count). The summed E-state index contributed by atoms with van der Waals surface area (Å²) in [7, 11) is 0. The third-order valence-corrected chi connectivity index (χ3v) is 3.10. The molecule has 0 bridgehead atoms. The lowest BCUT2D eigenvalue weighted by atomic mass is 10.1. The molecule has 2 aromatic heterocycles. The van der Waals surface area contributed by atoms with Gasteiger partial charge in [0.15, 0.2) is 17.8 Å². The summed E-state index contributed by atoms with van der Waals surface area (Å²) in [5.41, 5.74) is 1.06. The minimum absolute atomic E-state index is 0.0235. The third-order valence-electron chi connectivity index (χ3n) is 3.10. The molecule has 0 fully saturated rings. The van der Waals surface area contributed by atoms with E-state index in [-0.39, 0.29) is 17.3 Å². The van der Waals surface area contributed by atoms with Gasteiger partial charge in [0.25, 0.3) is 5.91 Å². The highest BCUT2D eigenvalue weighted by atomic mass is 19.1. The molecule has 114 valence electrons. The molecule has 0 saturated heterocycles. The van der Waals surface area contributed by atoms with Crippen molar-refractivity contribution in [3.63, 3.8) is 0 Å². The average molecular weight is 310 g/mol. The third kappa shape index (κ3) is 3.13. The highest BCUT2D eigenvalue weighted by Crippen LogP contribution is 2.23. The first kappa shape index (κ1) is 14.6. The van der Waals surface area contributed by atoms with E-state index in [1.54, 1.807) is 12.1 Å². The Bertz CT molecular complexity index is 844. The number of carbonyl (C=O) groups is 1. The van der Waals surface area contributed by atoms with Crippen LogP contribution in [0.25, 0.3) is 11.3 Å². The molecule has 2 heterocycles. The number of hydrogen-bond donors (Lipinski definition) is 2. The van der Waals surface area contributed by atoms with Crippen molar-refractivity contribution in [2.45, 2.75) is 0 Å². The number of pyridine rings is 1. The van der Waals surface area contributed by atoms with Crippen LogP contribution in [0.2, 0.25) is 0 Å². The molecule has 6 nitrogen and oxygen atoms in total. The summed E-state index contributed by atoms with van der Waals surface area (Å²) in [4.78, 5) is 20.0. The van der Waals surface area contributed by atoms with Crippen LogP contribution in [-0.4, -0.2) is 21.7 Å². The molecule has 0 atom stereocenters. The molecule has 0 radical (unpaired) electrons. The van der Waals surface area contributed by atoms with Crippen molar-refractivity contribution in [1.29, 1.82) is 5.41 Å². The van der Waals surface area contributed by atoms with Crippen molar-refractivity contribution in [3.05, 3.63) is 72.3 Å². The molecule has 0 saturated carbocycles. The molecule has 0 aliphatic heterocycles. The number of aromatic nitrogens is 2. The maximum Gasteiger partial charge on any atom is 0.279 e. The van der Waals surface area contributed by atoms with E-state index in [9.17, 15) is 9.18 Å². The Morgan fingerprint density at radius 2 is 1.83 bits per heavy atom. The van der Waals surface area contributed by atoms with E-state index in [0.29, 0.717) is 11.1 Å². The van der Waals surface area contributed by atoms with Gasteiger partial charge in [0.05, 0.1) is 0 Å². The van der Waals surface area contributed by atoms with Crippen molar-refractivity contribution >= 4 is 11.7 Å². The summed E-state index contributed by atoms with van der Waals surface area (Å²) in [5.74, 6) is -0.839. The minimum Gasteiger partial charge on any atom is -0.443 e. The first-order valence-corrected chi connectivity index (χ1v) is 6.65.